The van der Waals surface area contributed by atoms with E-state index in [1.807, 2.05) is 60.0 Å². The highest BCUT2D eigenvalue weighted by atomic mass is 32.1. The van der Waals surface area contributed by atoms with Gasteiger partial charge < -0.3 is 0 Å². The third-order valence-corrected chi connectivity index (χ3v) is 5.40. The Bertz CT molecular complexity index is 866. The third-order valence-electron chi connectivity index (χ3n) is 4.44. The van der Waals surface area contributed by atoms with Crippen LogP contribution in [-0.2, 0) is 0 Å². The molecule has 0 N–H and O–H groups in total. The summed E-state index contributed by atoms with van der Waals surface area (Å²) >= 11 is 1.67. The number of hydrogen-bond acceptors (Lipinski definition) is 2. The molecule has 0 amide bonds. The van der Waals surface area contributed by atoms with Crippen molar-refractivity contribution in [2.24, 2.45) is 0 Å². The summed E-state index contributed by atoms with van der Waals surface area (Å²) in [6, 6.07) is 19.8. The lowest BCUT2D eigenvalue weighted by Gasteiger charge is -2.31. The molecule has 2 heteroatoms. The molecule has 1 atom stereocenters. The van der Waals surface area contributed by atoms with Crippen LogP contribution in [0.25, 0.3) is 0 Å². The maximum Gasteiger partial charge on any atom is 0.193 e. The molecule has 0 radical (unpaired) electrons. The van der Waals surface area contributed by atoms with E-state index < -0.39 is 0 Å². The summed E-state index contributed by atoms with van der Waals surface area (Å²) in [6.45, 7) is 0. The number of carbonyl (C=O) groups is 1. The number of rotatable bonds is 2. The molecule has 1 nitrogen and oxygen atoms in total. The zero-order valence-corrected chi connectivity index (χ0v) is 13.2. The van der Waals surface area contributed by atoms with E-state index in [-0.39, 0.29) is 17.6 Å². The number of terminal acetylenes is 1. The standard InChI is InChI=1S/C21H14OS/c1-2-14(19-12-7-13-23-19)20-15-8-3-5-10-17(15)21(22)18-11-6-4-9-16(18)20/h1,3-14,20H/t14-/m1/s1. The molecule has 1 aromatic heterocycles. The van der Waals surface area contributed by atoms with Crippen molar-refractivity contribution >= 4 is 17.1 Å². The van der Waals surface area contributed by atoms with Gasteiger partial charge in [-0.1, -0.05) is 60.5 Å². The fourth-order valence-corrected chi connectivity index (χ4v) is 4.25. The van der Waals surface area contributed by atoms with Gasteiger partial charge in [-0.15, -0.1) is 17.8 Å². The lowest BCUT2D eigenvalue weighted by Crippen LogP contribution is -2.23. The highest BCUT2D eigenvalue weighted by Crippen LogP contribution is 2.45. The number of hydrogen-bond donors (Lipinski definition) is 0. The monoisotopic (exact) mass is 314 g/mol. The molecule has 0 fully saturated rings. The molecular weight excluding hydrogens is 300 g/mol. The molecule has 110 valence electrons. The molecule has 0 aliphatic heterocycles. The zero-order valence-electron chi connectivity index (χ0n) is 12.4. The molecule has 3 aromatic rings. The van der Waals surface area contributed by atoms with Gasteiger partial charge in [0.15, 0.2) is 5.78 Å². The molecule has 4 rings (SSSR count). The van der Waals surface area contributed by atoms with Crippen LogP contribution < -0.4 is 0 Å². The van der Waals surface area contributed by atoms with E-state index in [9.17, 15) is 4.79 Å². The lowest BCUT2D eigenvalue weighted by atomic mass is 9.71. The van der Waals surface area contributed by atoms with Crippen molar-refractivity contribution in [3.05, 3.63) is 93.2 Å². The fourth-order valence-electron chi connectivity index (χ4n) is 3.43. The SMILES string of the molecule is C#C[C@H](c1cccs1)C1c2ccccc2C(=O)c2ccccc21. The first-order valence-corrected chi connectivity index (χ1v) is 8.41. The predicted molar refractivity (Wildman–Crippen MR) is 94.1 cm³/mol. The minimum atomic E-state index is -0.0644. The molecule has 1 aliphatic carbocycles. The van der Waals surface area contributed by atoms with Crippen LogP contribution in [0, 0.1) is 12.3 Å². The maximum atomic E-state index is 12.8. The van der Waals surface area contributed by atoms with Crippen LogP contribution in [-0.4, -0.2) is 5.78 Å². The first-order chi connectivity index (χ1) is 11.3. The van der Waals surface area contributed by atoms with E-state index in [4.69, 9.17) is 6.42 Å². The normalized spacial score (nSPS) is 14.7. The second-order valence-corrected chi connectivity index (χ2v) is 6.62. The van der Waals surface area contributed by atoms with E-state index in [1.54, 1.807) is 11.3 Å². The second-order valence-electron chi connectivity index (χ2n) is 5.64. The van der Waals surface area contributed by atoms with Crippen molar-refractivity contribution in [1.82, 2.24) is 0 Å². The summed E-state index contributed by atoms with van der Waals surface area (Å²) in [6.07, 6.45) is 5.92. The highest BCUT2D eigenvalue weighted by Gasteiger charge is 2.35. The van der Waals surface area contributed by atoms with Crippen LogP contribution in [0.3, 0.4) is 0 Å². The van der Waals surface area contributed by atoms with Crippen LogP contribution in [0.4, 0.5) is 0 Å². The Morgan fingerprint density at radius 1 is 0.913 bits per heavy atom. The number of benzene rings is 2. The van der Waals surface area contributed by atoms with Crippen molar-refractivity contribution in [2.45, 2.75) is 11.8 Å². The van der Waals surface area contributed by atoms with E-state index in [0.29, 0.717) is 0 Å². The summed E-state index contributed by atoms with van der Waals surface area (Å²) in [5, 5.41) is 2.05. The van der Waals surface area contributed by atoms with Gasteiger partial charge in [-0.2, -0.15) is 0 Å². The fraction of sp³-hybridized carbons (Fsp3) is 0.0952. The molecular formula is C21H14OS. The summed E-state index contributed by atoms with van der Waals surface area (Å²) in [4.78, 5) is 14.0. The van der Waals surface area contributed by atoms with Crippen LogP contribution in [0.5, 0.6) is 0 Å². The van der Waals surface area contributed by atoms with Gasteiger partial charge in [-0.3, -0.25) is 4.79 Å². The Morgan fingerprint density at radius 2 is 1.52 bits per heavy atom. The van der Waals surface area contributed by atoms with Gasteiger partial charge >= 0.3 is 0 Å². The van der Waals surface area contributed by atoms with Crippen LogP contribution >= 0.6 is 11.3 Å². The van der Waals surface area contributed by atoms with Crippen molar-refractivity contribution in [3.8, 4) is 12.3 Å². The van der Waals surface area contributed by atoms with Gasteiger partial charge in [0.1, 0.15) is 0 Å². The number of carbonyl (C=O) groups excluding carboxylic acids is 1. The van der Waals surface area contributed by atoms with Crippen LogP contribution in [0.15, 0.2) is 66.0 Å². The van der Waals surface area contributed by atoms with Gasteiger partial charge in [0.25, 0.3) is 0 Å². The van der Waals surface area contributed by atoms with Crippen LogP contribution in [0.1, 0.15) is 43.8 Å². The van der Waals surface area contributed by atoms with Crippen molar-refractivity contribution in [1.29, 1.82) is 0 Å². The van der Waals surface area contributed by atoms with Gasteiger partial charge in [0.2, 0.25) is 0 Å². The smallest absolute Gasteiger partial charge is 0.193 e. The minimum absolute atomic E-state index is 0.0174. The van der Waals surface area contributed by atoms with E-state index in [2.05, 4.69) is 12.0 Å². The minimum Gasteiger partial charge on any atom is -0.289 e. The second kappa shape index (κ2) is 5.53. The first kappa shape index (κ1) is 14.0. The van der Waals surface area contributed by atoms with Gasteiger partial charge in [-0.05, 0) is 22.6 Å². The van der Waals surface area contributed by atoms with E-state index in [1.165, 1.54) is 0 Å². The van der Waals surface area contributed by atoms with Crippen molar-refractivity contribution in [3.63, 3.8) is 0 Å². The van der Waals surface area contributed by atoms with Gasteiger partial charge in [-0.25, -0.2) is 0 Å². The summed E-state index contributed by atoms with van der Waals surface area (Å²) < 4.78 is 0. The Kier molecular flexibility index (Phi) is 3.37. The van der Waals surface area contributed by atoms with Crippen molar-refractivity contribution < 1.29 is 4.79 Å². The summed E-state index contributed by atoms with van der Waals surface area (Å²) in [5.74, 6) is 3.01. The first-order valence-electron chi connectivity index (χ1n) is 7.53. The Hall–Kier alpha value is -2.63. The van der Waals surface area contributed by atoms with Gasteiger partial charge in [0.05, 0.1) is 5.92 Å². The Balaban J connectivity index is 1.98. The van der Waals surface area contributed by atoms with E-state index in [0.717, 1.165) is 27.1 Å². The average molecular weight is 314 g/mol. The number of ketones is 1. The largest absolute Gasteiger partial charge is 0.289 e. The number of thiophene rings is 1. The molecule has 0 saturated heterocycles. The zero-order chi connectivity index (χ0) is 15.8. The third kappa shape index (κ3) is 2.13. The molecule has 0 spiro atoms. The molecule has 0 unspecified atom stereocenters. The topological polar surface area (TPSA) is 17.1 Å². The Labute approximate surface area is 139 Å². The molecule has 0 saturated carbocycles. The molecule has 2 aromatic carbocycles. The number of fused-ring (bicyclic) bond motifs is 2. The lowest BCUT2D eigenvalue weighted by molar-refractivity contribution is 0.103. The van der Waals surface area contributed by atoms with Crippen LogP contribution in [0.2, 0.25) is 0 Å². The Morgan fingerprint density at radius 3 is 2.04 bits per heavy atom. The predicted octanol–water partition coefficient (Wildman–Crippen LogP) is 4.84. The molecule has 1 heterocycles. The van der Waals surface area contributed by atoms with E-state index >= 15 is 0 Å². The average Bonchev–Trinajstić information content (AvgIpc) is 3.13. The summed E-state index contributed by atoms with van der Waals surface area (Å²) in [7, 11) is 0. The van der Waals surface area contributed by atoms with Gasteiger partial charge in [0, 0.05) is 21.9 Å². The molecule has 23 heavy (non-hydrogen) atoms. The highest BCUT2D eigenvalue weighted by molar-refractivity contribution is 7.10. The molecule has 0 bridgehead atoms. The maximum absolute atomic E-state index is 12.8. The quantitative estimate of drug-likeness (QED) is 0.619. The van der Waals surface area contributed by atoms with Crippen molar-refractivity contribution in [2.75, 3.05) is 0 Å². The summed E-state index contributed by atoms with van der Waals surface area (Å²) in [5.41, 5.74) is 3.61. The molecule has 1 aliphatic rings.